The summed E-state index contributed by atoms with van der Waals surface area (Å²) in [6.45, 7) is 3.04. The van der Waals surface area contributed by atoms with Gasteiger partial charge in [-0.1, -0.05) is 0 Å². The lowest BCUT2D eigenvalue weighted by Crippen LogP contribution is -2.50. The minimum atomic E-state index is -0.621. The number of urea groups is 1. The molecule has 0 aliphatic carbocycles. The molecule has 1 aromatic rings. The van der Waals surface area contributed by atoms with Crippen LogP contribution in [0.3, 0.4) is 0 Å². The van der Waals surface area contributed by atoms with E-state index in [1.807, 2.05) is 0 Å². The molecule has 8 nitrogen and oxygen atoms in total. The third kappa shape index (κ3) is 5.23. The number of rotatable bonds is 5. The summed E-state index contributed by atoms with van der Waals surface area (Å²) in [5.74, 6) is 0.0823. The van der Waals surface area contributed by atoms with Gasteiger partial charge in [0.2, 0.25) is 11.8 Å². The van der Waals surface area contributed by atoms with Gasteiger partial charge in [-0.3, -0.25) is 9.59 Å². The summed E-state index contributed by atoms with van der Waals surface area (Å²) in [6.07, 6.45) is 2.75. The molecule has 0 bridgehead atoms. The van der Waals surface area contributed by atoms with Gasteiger partial charge in [0.1, 0.15) is 11.8 Å². The fraction of sp³-hybridized carbons (Fsp3) is 0.588. The topological polar surface area (TPSA) is 94.9 Å². The molecule has 2 heterocycles. The first-order valence-electron chi connectivity index (χ1n) is 8.45. The van der Waals surface area contributed by atoms with Crippen LogP contribution in [0.25, 0.3) is 0 Å². The van der Waals surface area contributed by atoms with Crippen LogP contribution < -0.4 is 10.6 Å². The molecule has 1 aliphatic heterocycles. The van der Waals surface area contributed by atoms with Gasteiger partial charge >= 0.3 is 6.03 Å². The third-order valence-electron chi connectivity index (χ3n) is 4.29. The number of nitrogens with zero attached hydrogens (tertiary/aromatic N) is 2. The van der Waals surface area contributed by atoms with Crippen LogP contribution >= 0.6 is 0 Å². The van der Waals surface area contributed by atoms with Gasteiger partial charge in [0.05, 0.1) is 12.8 Å². The first kappa shape index (κ1) is 18.8. The molecule has 2 N–H and O–H groups in total. The molecule has 1 unspecified atom stereocenters. The summed E-state index contributed by atoms with van der Waals surface area (Å²) in [4.78, 5) is 39.6. The van der Waals surface area contributed by atoms with Crippen LogP contribution in [-0.4, -0.2) is 60.9 Å². The zero-order chi connectivity index (χ0) is 18.4. The van der Waals surface area contributed by atoms with Crippen molar-refractivity contribution in [3.63, 3.8) is 0 Å². The molecule has 1 saturated heterocycles. The largest absolute Gasteiger partial charge is 0.467 e. The summed E-state index contributed by atoms with van der Waals surface area (Å²) in [6, 6.07) is 2.86. The molecule has 0 aromatic carbocycles. The Hall–Kier alpha value is -2.51. The van der Waals surface area contributed by atoms with E-state index in [0.717, 1.165) is 0 Å². The Morgan fingerprint density at radius 1 is 1.32 bits per heavy atom. The molecule has 2 rings (SSSR count). The van der Waals surface area contributed by atoms with Crippen LogP contribution in [0.5, 0.6) is 0 Å². The highest BCUT2D eigenvalue weighted by Gasteiger charge is 2.29. The molecular formula is C17H26N4O4. The minimum absolute atomic E-state index is 0.0375. The third-order valence-corrected chi connectivity index (χ3v) is 4.29. The lowest BCUT2D eigenvalue weighted by molar-refractivity contribution is -0.131. The number of carbonyl (C=O) groups is 3. The Kier molecular flexibility index (Phi) is 6.44. The molecule has 0 saturated carbocycles. The molecule has 8 heteroatoms. The monoisotopic (exact) mass is 350 g/mol. The van der Waals surface area contributed by atoms with Crippen molar-refractivity contribution in [2.24, 2.45) is 5.92 Å². The highest BCUT2D eigenvalue weighted by Crippen LogP contribution is 2.18. The van der Waals surface area contributed by atoms with Gasteiger partial charge in [0.25, 0.3) is 0 Å². The second-order valence-corrected chi connectivity index (χ2v) is 6.47. The van der Waals surface area contributed by atoms with Crippen molar-refractivity contribution >= 4 is 17.8 Å². The second-order valence-electron chi connectivity index (χ2n) is 6.47. The van der Waals surface area contributed by atoms with Crippen molar-refractivity contribution in [2.45, 2.75) is 32.4 Å². The van der Waals surface area contributed by atoms with E-state index in [1.54, 1.807) is 44.3 Å². The highest BCUT2D eigenvalue weighted by molar-refractivity contribution is 5.88. The maximum atomic E-state index is 12.3. The molecule has 138 valence electrons. The van der Waals surface area contributed by atoms with Crippen molar-refractivity contribution in [3.8, 4) is 0 Å². The predicted octanol–water partition coefficient (Wildman–Crippen LogP) is 0.794. The van der Waals surface area contributed by atoms with Crippen LogP contribution in [-0.2, 0) is 16.1 Å². The molecule has 1 fully saturated rings. The molecule has 1 aliphatic rings. The number of hydrogen-bond acceptors (Lipinski definition) is 4. The van der Waals surface area contributed by atoms with Gasteiger partial charge in [-0.15, -0.1) is 0 Å². The number of likely N-dealkylation sites (tertiary alicyclic amines) is 1. The smallest absolute Gasteiger partial charge is 0.319 e. The Morgan fingerprint density at radius 2 is 2.00 bits per heavy atom. The number of nitrogens with one attached hydrogen (secondary N) is 2. The van der Waals surface area contributed by atoms with Crippen molar-refractivity contribution < 1.29 is 18.8 Å². The lowest BCUT2D eigenvalue weighted by Gasteiger charge is -2.33. The Morgan fingerprint density at radius 3 is 2.56 bits per heavy atom. The number of furan rings is 1. The summed E-state index contributed by atoms with van der Waals surface area (Å²) in [5, 5.41) is 5.47. The van der Waals surface area contributed by atoms with Gasteiger partial charge in [-0.25, -0.2) is 4.79 Å². The van der Waals surface area contributed by atoms with Gasteiger partial charge in [0, 0.05) is 33.1 Å². The normalized spacial score (nSPS) is 16.2. The lowest BCUT2D eigenvalue weighted by atomic mass is 9.95. The summed E-state index contributed by atoms with van der Waals surface area (Å²) >= 11 is 0. The Balaban J connectivity index is 1.74. The summed E-state index contributed by atoms with van der Waals surface area (Å²) < 4.78 is 5.15. The quantitative estimate of drug-likeness (QED) is 0.821. The minimum Gasteiger partial charge on any atom is -0.467 e. The highest BCUT2D eigenvalue weighted by atomic mass is 16.3. The maximum absolute atomic E-state index is 12.3. The van der Waals surface area contributed by atoms with Crippen molar-refractivity contribution in [1.29, 1.82) is 0 Å². The van der Waals surface area contributed by atoms with E-state index in [2.05, 4.69) is 10.6 Å². The number of piperidine rings is 1. The molecule has 0 spiro atoms. The average molecular weight is 350 g/mol. The number of amides is 4. The molecule has 25 heavy (non-hydrogen) atoms. The van der Waals surface area contributed by atoms with E-state index in [4.69, 9.17) is 4.42 Å². The van der Waals surface area contributed by atoms with E-state index < -0.39 is 6.04 Å². The van der Waals surface area contributed by atoms with Crippen LogP contribution in [0.15, 0.2) is 22.8 Å². The van der Waals surface area contributed by atoms with E-state index in [9.17, 15) is 14.4 Å². The molecule has 1 atom stereocenters. The first-order chi connectivity index (χ1) is 11.9. The zero-order valence-electron chi connectivity index (χ0n) is 14.9. The Bertz CT molecular complexity index is 592. The first-order valence-corrected chi connectivity index (χ1v) is 8.45. The average Bonchev–Trinajstić information content (AvgIpc) is 3.12. The van der Waals surface area contributed by atoms with Gasteiger partial charge < -0.3 is 24.9 Å². The SMILES string of the molecule is CC(NC(=O)C1CCN(C(=O)N(C)C)CC1)C(=O)NCc1ccco1. The molecular weight excluding hydrogens is 324 g/mol. The molecule has 0 radical (unpaired) electrons. The fourth-order valence-corrected chi connectivity index (χ4v) is 2.75. The number of carbonyl (C=O) groups excluding carboxylic acids is 3. The van der Waals surface area contributed by atoms with Crippen molar-refractivity contribution in [3.05, 3.63) is 24.2 Å². The van der Waals surface area contributed by atoms with E-state index >= 15 is 0 Å². The summed E-state index contributed by atoms with van der Waals surface area (Å²) in [7, 11) is 3.42. The number of hydrogen-bond donors (Lipinski definition) is 2. The predicted molar refractivity (Wildman–Crippen MR) is 91.5 cm³/mol. The van der Waals surface area contributed by atoms with Crippen molar-refractivity contribution in [1.82, 2.24) is 20.4 Å². The zero-order valence-corrected chi connectivity index (χ0v) is 14.9. The van der Waals surface area contributed by atoms with Crippen LogP contribution in [0, 0.1) is 5.92 Å². The fourth-order valence-electron chi connectivity index (χ4n) is 2.75. The van der Waals surface area contributed by atoms with Crippen LogP contribution in [0.2, 0.25) is 0 Å². The van der Waals surface area contributed by atoms with E-state index in [-0.39, 0.29) is 30.3 Å². The van der Waals surface area contributed by atoms with E-state index in [1.165, 1.54) is 4.90 Å². The molecule has 4 amide bonds. The Labute approximate surface area is 147 Å². The van der Waals surface area contributed by atoms with Crippen molar-refractivity contribution in [2.75, 3.05) is 27.2 Å². The standard InChI is InChI=1S/C17H26N4O4/c1-12(15(22)18-11-14-5-4-10-25-14)19-16(23)13-6-8-21(9-7-13)17(24)20(2)3/h4-5,10,12-13H,6-9,11H2,1-3H3,(H,18,22)(H,19,23). The van der Waals surface area contributed by atoms with Gasteiger partial charge in [-0.2, -0.15) is 0 Å². The summed E-state index contributed by atoms with van der Waals surface area (Å²) in [5.41, 5.74) is 0. The van der Waals surface area contributed by atoms with Gasteiger partial charge in [-0.05, 0) is 31.9 Å². The maximum Gasteiger partial charge on any atom is 0.319 e. The van der Waals surface area contributed by atoms with Gasteiger partial charge in [0.15, 0.2) is 0 Å². The van der Waals surface area contributed by atoms with E-state index in [0.29, 0.717) is 31.7 Å². The second kappa shape index (κ2) is 8.55. The van der Waals surface area contributed by atoms with Crippen LogP contribution in [0.1, 0.15) is 25.5 Å². The van der Waals surface area contributed by atoms with Crippen LogP contribution in [0.4, 0.5) is 4.79 Å². The molecule has 1 aromatic heterocycles.